The molecule has 1 fully saturated rings. The lowest BCUT2D eigenvalue weighted by Gasteiger charge is -2.37. The molecule has 1 aromatic rings. The van der Waals surface area contributed by atoms with Crippen molar-refractivity contribution in [3.8, 4) is 5.75 Å². The molecule has 2 rings (SSSR count). The van der Waals surface area contributed by atoms with Gasteiger partial charge in [0.05, 0.1) is 30.3 Å². The maximum absolute atomic E-state index is 13.0. The van der Waals surface area contributed by atoms with E-state index in [-0.39, 0.29) is 36.4 Å². The van der Waals surface area contributed by atoms with Crippen LogP contribution < -0.4 is 5.63 Å². The van der Waals surface area contributed by atoms with E-state index in [0.29, 0.717) is 12.3 Å². The number of aliphatic hydroxyl groups is 4. The summed E-state index contributed by atoms with van der Waals surface area (Å²) in [6.07, 6.45) is 10.3. The molecule has 2 heterocycles. The van der Waals surface area contributed by atoms with Crippen LogP contribution in [-0.2, 0) is 10.2 Å². The van der Waals surface area contributed by atoms with Gasteiger partial charge >= 0.3 is 5.63 Å². The highest BCUT2D eigenvalue weighted by molar-refractivity contribution is 5.36. The van der Waals surface area contributed by atoms with Gasteiger partial charge in [0, 0.05) is 18.4 Å². The van der Waals surface area contributed by atoms with Crippen LogP contribution in [0.3, 0.4) is 0 Å². The van der Waals surface area contributed by atoms with Crippen molar-refractivity contribution in [2.75, 3.05) is 6.61 Å². The monoisotopic (exact) mass is 604 g/mol. The van der Waals surface area contributed by atoms with Crippen molar-refractivity contribution < 1.29 is 34.7 Å². The van der Waals surface area contributed by atoms with Gasteiger partial charge in [-0.3, -0.25) is 0 Å². The largest absolute Gasteiger partial charge is 0.507 e. The number of ether oxygens (including phenoxy) is 1. The summed E-state index contributed by atoms with van der Waals surface area (Å²) in [5.41, 5.74) is -0.133. The molecule has 3 unspecified atom stereocenters. The summed E-state index contributed by atoms with van der Waals surface area (Å²) in [6.45, 7) is 13.7. The van der Waals surface area contributed by atoms with E-state index in [1.165, 1.54) is 43.7 Å². The highest BCUT2D eigenvalue weighted by Gasteiger charge is 2.41. The fourth-order valence-corrected chi connectivity index (χ4v) is 5.71. The zero-order valence-corrected chi connectivity index (χ0v) is 27.3. The van der Waals surface area contributed by atoms with E-state index in [0.717, 1.165) is 12.0 Å². The Morgan fingerprint density at radius 2 is 1.84 bits per heavy atom. The third-order valence-corrected chi connectivity index (χ3v) is 8.58. The standard InChI is InChI=1S/C35H56O8/c1-8-10-11-12-13-22(3)16-24(5)18-25(21-36)17-23(4)14-15-29(39)35(6,7)30-20-27(37)31(34(41)43-30)33-32(40)28(38)19-26(9-2)42-33/h14-15,17-18,20,22,25-26,28-29,32-33,36-40H,8-13,16,19,21H2,1-7H3/b15-14+,23-17+,24-18-/t22?,25?,26-,28+,29?,32-,33+/m1/s1. The lowest BCUT2D eigenvalue weighted by molar-refractivity contribution is -0.172. The van der Waals surface area contributed by atoms with Crippen LogP contribution in [0.25, 0.3) is 0 Å². The molecule has 7 atom stereocenters. The van der Waals surface area contributed by atoms with Crippen LogP contribution in [0.2, 0.25) is 0 Å². The molecule has 5 N–H and O–H groups in total. The molecule has 43 heavy (non-hydrogen) atoms. The Bertz CT molecular complexity index is 1150. The molecule has 1 aliphatic rings. The quantitative estimate of drug-likeness (QED) is 0.0879. The minimum absolute atomic E-state index is 0.0202. The Hall–Kier alpha value is -2.23. The van der Waals surface area contributed by atoms with Gasteiger partial charge in [-0.15, -0.1) is 0 Å². The van der Waals surface area contributed by atoms with Crippen LogP contribution in [0.1, 0.15) is 117 Å². The van der Waals surface area contributed by atoms with E-state index in [1.54, 1.807) is 26.0 Å². The molecule has 0 bridgehead atoms. The molecule has 0 spiro atoms. The summed E-state index contributed by atoms with van der Waals surface area (Å²) in [5, 5.41) is 52.5. The average molecular weight is 605 g/mol. The Morgan fingerprint density at radius 1 is 1.14 bits per heavy atom. The van der Waals surface area contributed by atoms with Gasteiger partial charge in [0.25, 0.3) is 0 Å². The molecule has 0 amide bonds. The topological polar surface area (TPSA) is 141 Å². The van der Waals surface area contributed by atoms with Gasteiger partial charge in [-0.2, -0.15) is 0 Å². The molecule has 8 heteroatoms. The van der Waals surface area contributed by atoms with Crippen molar-refractivity contribution in [3.05, 3.63) is 63.3 Å². The van der Waals surface area contributed by atoms with Gasteiger partial charge in [0.1, 0.15) is 29.3 Å². The summed E-state index contributed by atoms with van der Waals surface area (Å²) in [4.78, 5) is 13.0. The minimum atomic E-state index is -1.39. The number of hydrogen-bond acceptors (Lipinski definition) is 8. The second kappa shape index (κ2) is 17.3. The van der Waals surface area contributed by atoms with Crippen molar-refractivity contribution >= 4 is 0 Å². The van der Waals surface area contributed by atoms with Crippen molar-refractivity contribution in [3.63, 3.8) is 0 Å². The van der Waals surface area contributed by atoms with Crippen LogP contribution in [0, 0.1) is 11.8 Å². The van der Waals surface area contributed by atoms with Gasteiger partial charge in [-0.25, -0.2) is 4.79 Å². The van der Waals surface area contributed by atoms with Gasteiger partial charge in [-0.05, 0) is 46.5 Å². The fraction of sp³-hybridized carbons (Fsp3) is 0.686. The summed E-state index contributed by atoms with van der Waals surface area (Å²) in [5.74, 6) is 0.0880. The predicted molar refractivity (Wildman–Crippen MR) is 170 cm³/mol. The normalized spacial score (nSPS) is 24.3. The maximum Gasteiger partial charge on any atom is 0.345 e. The minimum Gasteiger partial charge on any atom is -0.507 e. The number of aromatic hydroxyl groups is 1. The van der Waals surface area contributed by atoms with E-state index < -0.39 is 41.2 Å². The fourth-order valence-electron chi connectivity index (χ4n) is 5.71. The van der Waals surface area contributed by atoms with Crippen LogP contribution in [0.4, 0.5) is 0 Å². The van der Waals surface area contributed by atoms with Crippen LogP contribution in [0.5, 0.6) is 5.75 Å². The van der Waals surface area contributed by atoms with Crippen LogP contribution >= 0.6 is 0 Å². The van der Waals surface area contributed by atoms with Gasteiger partial charge in [0.2, 0.25) is 0 Å². The first kappa shape index (κ1) is 37.0. The van der Waals surface area contributed by atoms with Crippen molar-refractivity contribution in [1.29, 1.82) is 0 Å². The summed E-state index contributed by atoms with van der Waals surface area (Å²) in [7, 11) is 0. The molecule has 0 aromatic carbocycles. The molecule has 244 valence electrons. The zero-order chi connectivity index (χ0) is 32.3. The average Bonchev–Trinajstić information content (AvgIpc) is 2.95. The Morgan fingerprint density at radius 3 is 2.44 bits per heavy atom. The molecule has 1 saturated heterocycles. The van der Waals surface area contributed by atoms with Crippen molar-refractivity contribution in [2.24, 2.45) is 11.8 Å². The van der Waals surface area contributed by atoms with Crippen molar-refractivity contribution in [2.45, 2.75) is 136 Å². The maximum atomic E-state index is 13.0. The van der Waals surface area contributed by atoms with Crippen molar-refractivity contribution in [1.82, 2.24) is 0 Å². The van der Waals surface area contributed by atoms with Gasteiger partial charge in [-0.1, -0.05) is 88.3 Å². The van der Waals surface area contributed by atoms with E-state index in [2.05, 4.69) is 26.8 Å². The second-order valence-electron chi connectivity index (χ2n) is 13.0. The van der Waals surface area contributed by atoms with E-state index in [1.807, 2.05) is 19.9 Å². The lowest BCUT2D eigenvalue weighted by Crippen LogP contribution is -2.44. The first-order valence-electron chi connectivity index (χ1n) is 16.0. The van der Waals surface area contributed by atoms with Crippen LogP contribution in [0.15, 0.2) is 50.7 Å². The Kier molecular flexibility index (Phi) is 14.9. The number of hydrogen-bond donors (Lipinski definition) is 5. The summed E-state index contributed by atoms with van der Waals surface area (Å²) >= 11 is 0. The molecule has 8 nitrogen and oxygen atoms in total. The first-order valence-corrected chi connectivity index (χ1v) is 16.0. The SMILES string of the molecule is CCCCCCC(C)C/C(C)=C\C(/C=C(C)/C=C/C(O)C(C)(C)c1cc(O)c([C@@H]2O[C@H](CC)C[C@H](O)[C@H]2O)c(=O)o1)CO. The van der Waals surface area contributed by atoms with Gasteiger partial charge in [0.15, 0.2) is 0 Å². The molecular weight excluding hydrogens is 548 g/mol. The molecule has 1 aliphatic heterocycles. The number of aliphatic hydroxyl groups excluding tert-OH is 4. The number of unbranched alkanes of at least 4 members (excludes halogenated alkanes) is 3. The summed E-state index contributed by atoms with van der Waals surface area (Å²) in [6, 6.07) is 1.26. The molecule has 0 aliphatic carbocycles. The predicted octanol–water partition coefficient (Wildman–Crippen LogP) is 6.00. The van der Waals surface area contributed by atoms with Crippen LogP contribution in [-0.4, -0.2) is 56.6 Å². The zero-order valence-electron chi connectivity index (χ0n) is 27.3. The van der Waals surface area contributed by atoms with E-state index in [9.17, 15) is 30.3 Å². The second-order valence-corrected chi connectivity index (χ2v) is 13.0. The molecule has 0 saturated carbocycles. The third-order valence-electron chi connectivity index (χ3n) is 8.58. The Labute approximate surface area is 257 Å². The molecule has 1 aromatic heterocycles. The van der Waals surface area contributed by atoms with E-state index in [4.69, 9.17) is 9.15 Å². The highest BCUT2D eigenvalue weighted by atomic mass is 16.5. The number of allylic oxidation sites excluding steroid dienone is 3. The van der Waals surface area contributed by atoms with E-state index >= 15 is 0 Å². The summed E-state index contributed by atoms with van der Waals surface area (Å²) < 4.78 is 11.3. The lowest BCUT2D eigenvalue weighted by atomic mass is 9.82. The highest BCUT2D eigenvalue weighted by Crippen LogP contribution is 2.38. The van der Waals surface area contributed by atoms with Gasteiger partial charge < -0.3 is 34.7 Å². The Balaban J connectivity index is 2.14. The molecule has 0 radical (unpaired) electrons. The first-order chi connectivity index (χ1) is 20.2. The molecular formula is C35H56O8. The third kappa shape index (κ3) is 10.7. The number of rotatable bonds is 16. The smallest absolute Gasteiger partial charge is 0.345 e.